The molecule has 0 unspecified atom stereocenters. The van der Waals surface area contributed by atoms with Gasteiger partial charge in [-0.2, -0.15) is 0 Å². The minimum Gasteiger partial charge on any atom is -0.366 e. The van der Waals surface area contributed by atoms with Gasteiger partial charge in [-0.1, -0.05) is 26.7 Å². The molecule has 0 aliphatic heterocycles. The Bertz CT molecular complexity index is 584. The van der Waals surface area contributed by atoms with Gasteiger partial charge >= 0.3 is 0 Å². The molecule has 8 heteroatoms. The van der Waals surface area contributed by atoms with Crippen LogP contribution < -0.4 is 5.73 Å². The van der Waals surface area contributed by atoms with Gasteiger partial charge in [0, 0.05) is 11.1 Å². The highest BCUT2D eigenvalue weighted by molar-refractivity contribution is 5.98. The van der Waals surface area contributed by atoms with E-state index >= 15 is 0 Å². The van der Waals surface area contributed by atoms with E-state index in [1.807, 2.05) is 13.8 Å². The van der Waals surface area contributed by atoms with E-state index in [-0.39, 0.29) is 16.7 Å². The zero-order valence-corrected chi connectivity index (χ0v) is 13.3. The van der Waals surface area contributed by atoms with Gasteiger partial charge < -0.3 is 5.73 Å². The highest BCUT2D eigenvalue weighted by atomic mass is 16.6. The number of amides is 1. The molecular formula is C15H21N3O5. The summed E-state index contributed by atoms with van der Waals surface area (Å²) in [6.07, 6.45) is 3.40. The molecule has 2 N–H and O–H groups in total. The van der Waals surface area contributed by atoms with Crippen molar-refractivity contribution in [2.24, 2.45) is 5.73 Å². The van der Waals surface area contributed by atoms with Crippen molar-refractivity contribution < 1.29 is 14.6 Å². The lowest BCUT2D eigenvalue weighted by Crippen LogP contribution is -2.19. The number of benzene rings is 1. The summed E-state index contributed by atoms with van der Waals surface area (Å²) >= 11 is 0. The molecular weight excluding hydrogens is 302 g/mol. The normalized spacial score (nSPS) is 10.5. The van der Waals surface area contributed by atoms with Crippen LogP contribution in [0, 0.1) is 20.2 Å². The number of nitro groups is 2. The highest BCUT2D eigenvalue weighted by Crippen LogP contribution is 2.35. The second-order valence-corrected chi connectivity index (χ2v) is 5.33. The maximum Gasteiger partial charge on any atom is 0.280 e. The summed E-state index contributed by atoms with van der Waals surface area (Å²) in [6, 6.07) is 0.961. The van der Waals surface area contributed by atoms with E-state index in [0.29, 0.717) is 25.7 Å². The number of primary amides is 1. The van der Waals surface area contributed by atoms with Crippen molar-refractivity contribution >= 4 is 17.3 Å². The molecule has 126 valence electrons. The van der Waals surface area contributed by atoms with Gasteiger partial charge in [-0.25, -0.2) is 0 Å². The molecule has 23 heavy (non-hydrogen) atoms. The van der Waals surface area contributed by atoms with Crippen LogP contribution in [0.25, 0.3) is 0 Å². The number of carbonyl (C=O) groups is 1. The lowest BCUT2D eigenvalue weighted by Gasteiger charge is -2.13. The minimum absolute atomic E-state index is 0.0483. The zero-order chi connectivity index (χ0) is 17.6. The van der Waals surface area contributed by atoms with E-state index in [0.717, 1.165) is 18.9 Å². The SMILES string of the molecule is CCCCc1c([N+](=O)[O-])cc([N+](=O)[O-])c(CCCC)c1C(N)=O. The molecule has 0 bridgehead atoms. The Balaban J connectivity index is 3.72. The van der Waals surface area contributed by atoms with Gasteiger partial charge in [-0.3, -0.25) is 25.0 Å². The summed E-state index contributed by atoms with van der Waals surface area (Å²) in [5.74, 6) is -0.853. The Morgan fingerprint density at radius 2 is 1.39 bits per heavy atom. The van der Waals surface area contributed by atoms with Crippen LogP contribution in [0.4, 0.5) is 11.4 Å². The van der Waals surface area contributed by atoms with Gasteiger partial charge in [0.2, 0.25) is 5.91 Å². The fourth-order valence-corrected chi connectivity index (χ4v) is 2.58. The number of hydrogen-bond donors (Lipinski definition) is 1. The van der Waals surface area contributed by atoms with Crippen molar-refractivity contribution in [1.82, 2.24) is 0 Å². The van der Waals surface area contributed by atoms with Crippen molar-refractivity contribution in [3.8, 4) is 0 Å². The fraction of sp³-hybridized carbons (Fsp3) is 0.533. The molecule has 0 atom stereocenters. The number of unbranched alkanes of at least 4 members (excludes halogenated alkanes) is 2. The molecule has 0 aromatic heterocycles. The third-order valence-electron chi connectivity index (χ3n) is 3.70. The predicted molar refractivity (Wildman–Crippen MR) is 85.5 cm³/mol. The van der Waals surface area contributed by atoms with Crippen LogP contribution in [0.3, 0.4) is 0 Å². The first-order valence-corrected chi connectivity index (χ1v) is 7.62. The molecule has 1 amide bonds. The van der Waals surface area contributed by atoms with Crippen LogP contribution in [-0.4, -0.2) is 15.8 Å². The molecule has 0 saturated carbocycles. The molecule has 0 spiro atoms. The van der Waals surface area contributed by atoms with Crippen molar-refractivity contribution in [3.05, 3.63) is 43.0 Å². The van der Waals surface area contributed by atoms with Crippen LogP contribution in [0.5, 0.6) is 0 Å². The number of nitro benzene ring substituents is 2. The monoisotopic (exact) mass is 323 g/mol. The number of rotatable bonds is 9. The Hall–Kier alpha value is -2.51. The number of nitrogens with zero attached hydrogens (tertiary/aromatic N) is 2. The van der Waals surface area contributed by atoms with Crippen LogP contribution in [0.2, 0.25) is 0 Å². The van der Waals surface area contributed by atoms with Gasteiger partial charge in [0.25, 0.3) is 11.4 Å². The number of carbonyl (C=O) groups excluding carboxylic acids is 1. The van der Waals surface area contributed by atoms with E-state index in [9.17, 15) is 25.0 Å². The van der Waals surface area contributed by atoms with Crippen LogP contribution in [-0.2, 0) is 12.8 Å². The summed E-state index contributed by atoms with van der Waals surface area (Å²) in [4.78, 5) is 33.1. The Kier molecular flexibility index (Phi) is 6.62. The average Bonchev–Trinajstić information content (AvgIpc) is 2.48. The van der Waals surface area contributed by atoms with Crippen LogP contribution >= 0.6 is 0 Å². The van der Waals surface area contributed by atoms with Gasteiger partial charge in [-0.15, -0.1) is 0 Å². The Labute approximate surface area is 134 Å². The Morgan fingerprint density at radius 3 is 1.65 bits per heavy atom. The lowest BCUT2D eigenvalue weighted by molar-refractivity contribution is -0.395. The zero-order valence-electron chi connectivity index (χ0n) is 13.3. The summed E-state index contributed by atoms with van der Waals surface area (Å²) < 4.78 is 0. The van der Waals surface area contributed by atoms with Crippen LogP contribution in [0.15, 0.2) is 6.07 Å². The van der Waals surface area contributed by atoms with Crippen molar-refractivity contribution in [1.29, 1.82) is 0 Å². The number of nitrogens with two attached hydrogens (primary N) is 1. The molecule has 0 aliphatic carbocycles. The van der Waals surface area contributed by atoms with Crippen molar-refractivity contribution in [2.75, 3.05) is 0 Å². The molecule has 0 heterocycles. The standard InChI is InChI=1S/C15H21N3O5/c1-3-5-7-10-12(17(20)21)9-13(18(22)23)11(8-6-4-2)14(10)15(16)19/h9H,3-8H2,1-2H3,(H2,16,19). The maximum atomic E-state index is 11.9. The molecule has 0 saturated heterocycles. The van der Waals surface area contributed by atoms with E-state index in [1.54, 1.807) is 0 Å². The van der Waals surface area contributed by atoms with E-state index < -0.39 is 27.1 Å². The molecule has 0 radical (unpaired) electrons. The van der Waals surface area contributed by atoms with Gasteiger partial charge in [0.15, 0.2) is 0 Å². The lowest BCUT2D eigenvalue weighted by atomic mass is 9.91. The first-order valence-electron chi connectivity index (χ1n) is 7.62. The van der Waals surface area contributed by atoms with E-state index in [2.05, 4.69) is 0 Å². The molecule has 0 fully saturated rings. The molecule has 0 aliphatic rings. The molecule has 1 aromatic carbocycles. The van der Waals surface area contributed by atoms with Crippen LogP contribution in [0.1, 0.15) is 61.0 Å². The third kappa shape index (κ3) is 4.24. The third-order valence-corrected chi connectivity index (χ3v) is 3.70. The van der Waals surface area contributed by atoms with Gasteiger partial charge in [0.1, 0.15) is 0 Å². The summed E-state index contributed by atoms with van der Waals surface area (Å²) in [6.45, 7) is 3.83. The van der Waals surface area contributed by atoms with E-state index in [4.69, 9.17) is 5.73 Å². The van der Waals surface area contributed by atoms with Crippen molar-refractivity contribution in [3.63, 3.8) is 0 Å². The molecule has 8 nitrogen and oxygen atoms in total. The van der Waals surface area contributed by atoms with Gasteiger partial charge in [0.05, 0.1) is 21.5 Å². The highest BCUT2D eigenvalue weighted by Gasteiger charge is 2.31. The minimum atomic E-state index is -0.853. The second-order valence-electron chi connectivity index (χ2n) is 5.33. The van der Waals surface area contributed by atoms with Gasteiger partial charge in [-0.05, 0) is 25.7 Å². The summed E-state index contributed by atoms with van der Waals surface area (Å²) in [5.41, 5.74) is 4.98. The number of hydrogen-bond acceptors (Lipinski definition) is 5. The predicted octanol–water partition coefficient (Wildman–Crippen LogP) is 3.29. The maximum absolute atomic E-state index is 11.9. The topological polar surface area (TPSA) is 129 Å². The average molecular weight is 323 g/mol. The fourth-order valence-electron chi connectivity index (χ4n) is 2.58. The quantitative estimate of drug-likeness (QED) is 0.550. The smallest absolute Gasteiger partial charge is 0.280 e. The first-order chi connectivity index (χ1) is 10.8. The summed E-state index contributed by atoms with van der Waals surface area (Å²) in [7, 11) is 0. The molecule has 1 aromatic rings. The Morgan fingerprint density at radius 1 is 1.00 bits per heavy atom. The molecule has 1 rings (SSSR count). The summed E-state index contributed by atoms with van der Waals surface area (Å²) in [5, 5.41) is 22.6. The second kappa shape index (κ2) is 8.21. The van der Waals surface area contributed by atoms with Crippen molar-refractivity contribution in [2.45, 2.75) is 52.4 Å². The van der Waals surface area contributed by atoms with E-state index in [1.165, 1.54) is 0 Å². The largest absolute Gasteiger partial charge is 0.366 e. The first kappa shape index (κ1) is 18.5.